The topological polar surface area (TPSA) is 75.7 Å². The van der Waals surface area contributed by atoms with Crippen molar-refractivity contribution in [2.45, 2.75) is 56.0 Å². The number of ether oxygens (including phenoxy) is 1. The van der Waals surface area contributed by atoms with Crippen molar-refractivity contribution in [2.75, 3.05) is 11.5 Å². The number of amides is 1. The highest BCUT2D eigenvalue weighted by Crippen LogP contribution is 2.34. The van der Waals surface area contributed by atoms with Crippen LogP contribution in [0.15, 0.2) is 51.8 Å². The second-order valence-corrected chi connectivity index (χ2v) is 10.6. The molecule has 1 saturated carbocycles. The zero-order chi connectivity index (χ0) is 21.3. The number of anilines is 1. The van der Waals surface area contributed by atoms with Gasteiger partial charge < -0.3 is 9.64 Å². The Morgan fingerprint density at radius 2 is 1.87 bits per heavy atom. The van der Waals surface area contributed by atoms with Crippen molar-refractivity contribution in [3.63, 3.8) is 0 Å². The summed E-state index contributed by atoms with van der Waals surface area (Å²) < 4.78 is 34.4. The Labute approximate surface area is 185 Å². The van der Waals surface area contributed by atoms with Gasteiger partial charge in [0.25, 0.3) is 5.91 Å². The first-order chi connectivity index (χ1) is 14.3. The number of nitrogens with one attached hydrogen (secondary N) is 1. The van der Waals surface area contributed by atoms with Crippen molar-refractivity contribution < 1.29 is 17.9 Å². The lowest BCUT2D eigenvalue weighted by Gasteiger charge is -2.22. The number of benzene rings is 2. The third kappa shape index (κ3) is 4.55. The molecule has 0 spiro atoms. The van der Waals surface area contributed by atoms with Gasteiger partial charge in [0.2, 0.25) is 10.0 Å². The summed E-state index contributed by atoms with van der Waals surface area (Å²) in [5.41, 5.74) is 2.05. The number of carbonyl (C=O) groups is 1. The average Bonchev–Trinajstić information content (AvgIpc) is 3.32. The van der Waals surface area contributed by atoms with E-state index in [2.05, 4.69) is 20.7 Å². The van der Waals surface area contributed by atoms with E-state index in [0.29, 0.717) is 5.75 Å². The van der Waals surface area contributed by atoms with E-state index in [-0.39, 0.29) is 29.5 Å². The van der Waals surface area contributed by atoms with E-state index < -0.39 is 10.0 Å². The largest absolute Gasteiger partial charge is 0.484 e. The maximum absolute atomic E-state index is 12.8. The Hall–Kier alpha value is -1.90. The second-order valence-electron chi connectivity index (χ2n) is 7.95. The molecule has 1 N–H and O–H groups in total. The van der Waals surface area contributed by atoms with Gasteiger partial charge in [-0.1, -0.05) is 28.8 Å². The Bertz CT molecular complexity index is 1030. The Kier molecular flexibility index (Phi) is 6.18. The molecule has 0 radical (unpaired) electrons. The Morgan fingerprint density at radius 1 is 1.17 bits per heavy atom. The van der Waals surface area contributed by atoms with E-state index >= 15 is 0 Å². The van der Waals surface area contributed by atoms with Crippen LogP contribution < -0.4 is 14.4 Å². The van der Waals surface area contributed by atoms with Crippen molar-refractivity contribution in [3.8, 4) is 5.75 Å². The van der Waals surface area contributed by atoms with Crippen LogP contribution in [0.2, 0.25) is 0 Å². The van der Waals surface area contributed by atoms with Crippen LogP contribution in [0.4, 0.5) is 5.69 Å². The molecule has 2 aliphatic rings. The summed E-state index contributed by atoms with van der Waals surface area (Å²) in [5, 5.41) is 0. The molecule has 0 bridgehead atoms. The molecule has 30 heavy (non-hydrogen) atoms. The van der Waals surface area contributed by atoms with Crippen LogP contribution in [-0.2, 0) is 21.2 Å². The maximum Gasteiger partial charge on any atom is 0.265 e. The standard InChI is InChI=1S/C22H25BrN2O4S/c1-15-12-16-13-17(23)6-11-21(16)25(15)22(26)14-29-19-7-9-20(10-8-19)30(27,28)24-18-4-2-3-5-18/h6-11,13,15,18,24H,2-5,12,14H2,1H3. The molecule has 2 aromatic carbocycles. The van der Waals surface area contributed by atoms with Gasteiger partial charge in [0.15, 0.2) is 6.61 Å². The van der Waals surface area contributed by atoms with Gasteiger partial charge >= 0.3 is 0 Å². The van der Waals surface area contributed by atoms with Gasteiger partial charge in [-0.05, 0) is 74.2 Å². The number of nitrogens with zero attached hydrogens (tertiary/aromatic N) is 1. The number of hydrogen-bond donors (Lipinski definition) is 1. The van der Waals surface area contributed by atoms with Crippen molar-refractivity contribution in [1.29, 1.82) is 0 Å². The summed E-state index contributed by atoms with van der Waals surface area (Å²) in [6, 6.07) is 12.2. The van der Waals surface area contributed by atoms with Crippen molar-refractivity contribution in [2.24, 2.45) is 0 Å². The molecular weight excluding hydrogens is 468 g/mol. The summed E-state index contributed by atoms with van der Waals surface area (Å²) in [7, 11) is -3.53. The number of rotatable bonds is 6. The van der Waals surface area contributed by atoms with E-state index in [9.17, 15) is 13.2 Å². The van der Waals surface area contributed by atoms with Gasteiger partial charge in [0.05, 0.1) is 4.90 Å². The molecule has 1 atom stereocenters. The van der Waals surface area contributed by atoms with Crippen molar-refractivity contribution >= 4 is 37.5 Å². The van der Waals surface area contributed by atoms with Gasteiger partial charge in [-0.3, -0.25) is 4.79 Å². The predicted octanol–water partition coefficient (Wildman–Crippen LogP) is 4.03. The van der Waals surface area contributed by atoms with Crippen LogP contribution >= 0.6 is 15.9 Å². The van der Waals surface area contributed by atoms with Crippen LogP contribution in [0, 0.1) is 0 Å². The van der Waals surface area contributed by atoms with Crippen molar-refractivity contribution in [3.05, 3.63) is 52.5 Å². The first kappa shape index (κ1) is 21.3. The second kappa shape index (κ2) is 8.69. The number of hydrogen-bond acceptors (Lipinski definition) is 4. The number of sulfonamides is 1. The SMILES string of the molecule is CC1Cc2cc(Br)ccc2N1C(=O)COc1ccc(S(=O)(=O)NC2CCCC2)cc1. The molecule has 0 aromatic heterocycles. The minimum atomic E-state index is -3.53. The molecule has 160 valence electrons. The van der Waals surface area contributed by atoms with Gasteiger partial charge in [-0.2, -0.15) is 0 Å². The highest BCUT2D eigenvalue weighted by atomic mass is 79.9. The highest BCUT2D eigenvalue weighted by Gasteiger charge is 2.31. The first-order valence-electron chi connectivity index (χ1n) is 10.2. The number of fused-ring (bicyclic) bond motifs is 1. The molecule has 1 fully saturated rings. The first-order valence-corrected chi connectivity index (χ1v) is 12.5. The molecule has 6 nitrogen and oxygen atoms in total. The van der Waals surface area contributed by atoms with Gasteiger partial charge in [-0.15, -0.1) is 0 Å². The van der Waals surface area contributed by atoms with Gasteiger partial charge in [-0.25, -0.2) is 13.1 Å². The lowest BCUT2D eigenvalue weighted by atomic mass is 10.1. The lowest BCUT2D eigenvalue weighted by molar-refractivity contribution is -0.120. The van der Waals surface area contributed by atoms with E-state index in [0.717, 1.165) is 47.8 Å². The van der Waals surface area contributed by atoms with Gasteiger partial charge in [0, 0.05) is 22.2 Å². The van der Waals surface area contributed by atoms with E-state index in [1.165, 1.54) is 12.1 Å². The van der Waals surface area contributed by atoms with Crippen molar-refractivity contribution in [1.82, 2.24) is 4.72 Å². The summed E-state index contributed by atoms with van der Waals surface area (Å²) in [4.78, 5) is 14.8. The average molecular weight is 493 g/mol. The minimum absolute atomic E-state index is 0.0227. The van der Waals surface area contributed by atoms with Gasteiger partial charge in [0.1, 0.15) is 5.75 Å². The highest BCUT2D eigenvalue weighted by molar-refractivity contribution is 9.10. The fourth-order valence-electron chi connectivity index (χ4n) is 4.24. The van der Waals surface area contributed by atoms with Crippen LogP contribution in [0.3, 0.4) is 0 Å². The predicted molar refractivity (Wildman–Crippen MR) is 119 cm³/mol. The fraction of sp³-hybridized carbons (Fsp3) is 0.409. The quantitative estimate of drug-likeness (QED) is 0.660. The zero-order valence-electron chi connectivity index (χ0n) is 16.8. The Morgan fingerprint density at radius 3 is 2.57 bits per heavy atom. The molecule has 1 aliphatic carbocycles. The monoisotopic (exact) mass is 492 g/mol. The molecule has 0 saturated heterocycles. The summed E-state index contributed by atoms with van der Waals surface area (Å²) in [5.74, 6) is 0.342. The molecule has 4 rings (SSSR count). The van der Waals surface area contributed by atoms with E-state index in [4.69, 9.17) is 4.74 Å². The van der Waals surface area contributed by atoms with Crippen LogP contribution in [0.25, 0.3) is 0 Å². The van der Waals surface area contributed by atoms with Crippen LogP contribution in [-0.4, -0.2) is 33.0 Å². The summed E-state index contributed by atoms with van der Waals surface area (Å²) in [6.07, 6.45) is 4.70. The third-order valence-electron chi connectivity index (χ3n) is 5.70. The summed E-state index contributed by atoms with van der Waals surface area (Å²) >= 11 is 3.47. The normalized spacial score (nSPS) is 19.1. The molecule has 1 aliphatic heterocycles. The molecule has 1 unspecified atom stereocenters. The number of halogens is 1. The Balaban J connectivity index is 1.38. The zero-order valence-corrected chi connectivity index (χ0v) is 19.2. The van der Waals surface area contributed by atoms with Crippen LogP contribution in [0.1, 0.15) is 38.2 Å². The maximum atomic E-state index is 12.8. The fourth-order valence-corrected chi connectivity index (χ4v) is 5.95. The molecule has 2 aromatic rings. The smallest absolute Gasteiger partial charge is 0.265 e. The molecular formula is C22H25BrN2O4S. The lowest BCUT2D eigenvalue weighted by Crippen LogP contribution is -2.39. The minimum Gasteiger partial charge on any atom is -0.484 e. The van der Waals surface area contributed by atoms with E-state index in [1.54, 1.807) is 17.0 Å². The molecule has 1 amide bonds. The van der Waals surface area contributed by atoms with E-state index in [1.807, 2.05) is 25.1 Å². The molecule has 8 heteroatoms. The number of carbonyl (C=O) groups excluding carboxylic acids is 1. The summed E-state index contributed by atoms with van der Waals surface area (Å²) in [6.45, 7) is 1.91. The van der Waals surface area contributed by atoms with Crippen LogP contribution in [0.5, 0.6) is 5.75 Å². The third-order valence-corrected chi connectivity index (χ3v) is 7.73. The molecule has 1 heterocycles.